The highest BCUT2D eigenvalue weighted by Crippen LogP contribution is 2.41. The van der Waals surface area contributed by atoms with Crippen LogP contribution in [0, 0.1) is 27.9 Å². The Morgan fingerprint density at radius 2 is 1.74 bits per heavy atom. The highest BCUT2D eigenvalue weighted by Gasteiger charge is 2.52. The fraction of sp³-hybridized carbons (Fsp3) is 0.333. The first kappa shape index (κ1) is 23.6. The van der Waals surface area contributed by atoms with Crippen molar-refractivity contribution in [3.63, 3.8) is 0 Å². The van der Waals surface area contributed by atoms with Crippen molar-refractivity contribution >= 4 is 40.8 Å². The van der Waals surface area contributed by atoms with Crippen molar-refractivity contribution in [3.05, 3.63) is 74.8 Å². The van der Waals surface area contributed by atoms with Gasteiger partial charge in [-0.3, -0.25) is 29.3 Å². The summed E-state index contributed by atoms with van der Waals surface area (Å²) >= 11 is 5.92. The Morgan fingerprint density at radius 3 is 2.41 bits per heavy atom. The van der Waals surface area contributed by atoms with E-state index in [9.17, 15) is 29.3 Å². The monoisotopic (exact) mass is 483 g/mol. The number of hydrazine groups is 1. The highest BCUT2D eigenvalue weighted by atomic mass is 35.5. The van der Waals surface area contributed by atoms with Crippen molar-refractivity contribution in [2.45, 2.75) is 26.2 Å². The first-order valence-electron chi connectivity index (χ1n) is 10.9. The third kappa shape index (κ3) is 4.43. The summed E-state index contributed by atoms with van der Waals surface area (Å²) in [6.07, 6.45) is 1.87. The van der Waals surface area contributed by atoms with Gasteiger partial charge in [-0.05, 0) is 49.4 Å². The normalized spacial score (nSPS) is 21.8. The predicted octanol–water partition coefficient (Wildman–Crippen LogP) is 3.91. The molecule has 2 aromatic carbocycles. The number of amides is 3. The number of ketones is 1. The molecule has 4 rings (SSSR count). The molecule has 1 aliphatic heterocycles. The number of carbonyl (C=O) groups is 4. The number of hydrogen-bond acceptors (Lipinski definition) is 6. The Morgan fingerprint density at radius 1 is 1.06 bits per heavy atom. The second kappa shape index (κ2) is 9.34. The van der Waals surface area contributed by atoms with Gasteiger partial charge in [0, 0.05) is 28.3 Å². The molecule has 10 heteroatoms. The lowest BCUT2D eigenvalue weighted by Crippen LogP contribution is -2.52. The lowest BCUT2D eigenvalue weighted by molar-refractivity contribution is -0.384. The van der Waals surface area contributed by atoms with E-state index in [1.807, 2.05) is 6.92 Å². The average Bonchev–Trinajstić information content (AvgIpc) is 3.06. The average molecular weight is 484 g/mol. The van der Waals surface area contributed by atoms with Crippen LogP contribution in [0.4, 0.5) is 5.69 Å². The van der Waals surface area contributed by atoms with Crippen LogP contribution in [0.25, 0.3) is 0 Å². The fourth-order valence-corrected chi connectivity index (χ4v) is 4.73. The van der Waals surface area contributed by atoms with E-state index in [0.717, 1.165) is 22.5 Å². The third-order valence-electron chi connectivity index (χ3n) is 6.40. The number of imide groups is 1. The zero-order valence-corrected chi connectivity index (χ0v) is 19.1. The summed E-state index contributed by atoms with van der Waals surface area (Å²) in [5.41, 5.74) is -0.150. The van der Waals surface area contributed by atoms with Gasteiger partial charge in [-0.2, -0.15) is 5.01 Å². The molecule has 3 atom stereocenters. The van der Waals surface area contributed by atoms with E-state index in [-0.39, 0.29) is 22.7 Å². The Labute approximate surface area is 200 Å². The van der Waals surface area contributed by atoms with Crippen molar-refractivity contribution in [2.24, 2.45) is 17.8 Å². The molecule has 1 saturated carbocycles. The summed E-state index contributed by atoms with van der Waals surface area (Å²) < 4.78 is 0. The Kier molecular flexibility index (Phi) is 6.47. The third-order valence-corrected chi connectivity index (χ3v) is 6.66. The molecule has 176 valence electrons. The zero-order valence-electron chi connectivity index (χ0n) is 18.3. The van der Waals surface area contributed by atoms with Crippen LogP contribution in [-0.2, 0) is 9.59 Å². The molecule has 1 heterocycles. The number of halogens is 1. The SMILES string of the molecule is C[C@@H]1CC[C@H]2C(=O)N(N(CC(=O)c3cccc([N+](=O)[O-])c3)C(=O)c3ccc(Cl)cc3)C(=O)[C@H]2C1. The van der Waals surface area contributed by atoms with Gasteiger partial charge in [0.25, 0.3) is 23.4 Å². The first-order valence-corrected chi connectivity index (χ1v) is 11.3. The Bertz CT molecular complexity index is 1180. The quantitative estimate of drug-likeness (QED) is 0.266. The summed E-state index contributed by atoms with van der Waals surface area (Å²) in [4.78, 5) is 63.5. The van der Waals surface area contributed by atoms with Crippen molar-refractivity contribution in [2.75, 3.05) is 6.54 Å². The van der Waals surface area contributed by atoms with Crippen LogP contribution in [0.2, 0.25) is 5.02 Å². The van der Waals surface area contributed by atoms with Crippen LogP contribution in [0.5, 0.6) is 0 Å². The molecule has 0 bridgehead atoms. The number of non-ortho nitro benzene ring substituents is 1. The number of benzene rings is 2. The van der Waals surface area contributed by atoms with Crippen LogP contribution >= 0.6 is 11.6 Å². The molecular weight excluding hydrogens is 462 g/mol. The minimum absolute atomic E-state index is 0.00626. The molecule has 9 nitrogen and oxygen atoms in total. The molecule has 2 aromatic rings. The minimum atomic E-state index is -0.719. The zero-order chi connectivity index (χ0) is 24.6. The van der Waals surface area contributed by atoms with Crippen molar-refractivity contribution in [1.82, 2.24) is 10.0 Å². The molecule has 2 fully saturated rings. The number of Topliss-reactive ketones (excluding diaryl/α,β-unsaturated/α-hetero) is 1. The molecule has 0 spiro atoms. The van der Waals surface area contributed by atoms with Crippen molar-refractivity contribution in [3.8, 4) is 0 Å². The maximum Gasteiger partial charge on any atom is 0.273 e. The van der Waals surface area contributed by atoms with Gasteiger partial charge in [-0.1, -0.05) is 30.7 Å². The van der Waals surface area contributed by atoms with Gasteiger partial charge >= 0.3 is 0 Å². The molecule has 3 amide bonds. The summed E-state index contributed by atoms with van der Waals surface area (Å²) in [7, 11) is 0. The van der Waals surface area contributed by atoms with Crippen LogP contribution in [0.15, 0.2) is 48.5 Å². The maximum absolute atomic E-state index is 13.4. The van der Waals surface area contributed by atoms with Gasteiger partial charge < -0.3 is 0 Å². The topological polar surface area (TPSA) is 118 Å². The molecule has 2 aliphatic rings. The van der Waals surface area contributed by atoms with Gasteiger partial charge in [-0.25, -0.2) is 5.01 Å². The van der Waals surface area contributed by atoms with Crippen molar-refractivity contribution < 1.29 is 24.1 Å². The number of hydrogen-bond donors (Lipinski definition) is 0. The van der Waals surface area contributed by atoms with E-state index in [2.05, 4.69) is 0 Å². The second-order valence-electron chi connectivity index (χ2n) is 8.72. The van der Waals surface area contributed by atoms with E-state index < -0.39 is 46.8 Å². The minimum Gasteiger partial charge on any atom is -0.292 e. The number of fused-ring (bicyclic) bond motifs is 1. The van der Waals surface area contributed by atoms with E-state index in [1.54, 1.807) is 0 Å². The largest absolute Gasteiger partial charge is 0.292 e. The molecule has 1 saturated heterocycles. The second-order valence-corrected chi connectivity index (χ2v) is 9.16. The molecule has 0 radical (unpaired) electrons. The van der Waals surface area contributed by atoms with Crippen LogP contribution < -0.4 is 0 Å². The smallest absolute Gasteiger partial charge is 0.273 e. The number of nitro benzene ring substituents is 1. The summed E-state index contributed by atoms with van der Waals surface area (Å²) in [6, 6.07) is 10.9. The summed E-state index contributed by atoms with van der Waals surface area (Å²) in [5, 5.41) is 13.2. The fourth-order valence-electron chi connectivity index (χ4n) is 4.61. The number of rotatable bonds is 6. The van der Waals surface area contributed by atoms with Gasteiger partial charge in [0.15, 0.2) is 5.78 Å². The van der Waals surface area contributed by atoms with Gasteiger partial charge in [-0.15, -0.1) is 0 Å². The Hall–Kier alpha value is -3.59. The van der Waals surface area contributed by atoms with Crippen molar-refractivity contribution in [1.29, 1.82) is 0 Å². The molecular formula is C24H22ClN3O6. The number of nitrogens with zero attached hydrogens (tertiary/aromatic N) is 3. The summed E-state index contributed by atoms with van der Waals surface area (Å²) in [6.45, 7) is 1.38. The molecule has 0 aromatic heterocycles. The lowest BCUT2D eigenvalue weighted by Gasteiger charge is -2.30. The highest BCUT2D eigenvalue weighted by molar-refractivity contribution is 6.30. The van der Waals surface area contributed by atoms with Gasteiger partial charge in [0.05, 0.1) is 16.8 Å². The number of carbonyl (C=O) groups excluding carboxylic acids is 4. The van der Waals surface area contributed by atoms with E-state index in [4.69, 9.17) is 11.6 Å². The molecule has 34 heavy (non-hydrogen) atoms. The molecule has 0 N–H and O–H groups in total. The predicted molar refractivity (Wildman–Crippen MR) is 122 cm³/mol. The van der Waals surface area contributed by atoms with E-state index in [0.29, 0.717) is 17.9 Å². The Balaban J connectivity index is 1.69. The lowest BCUT2D eigenvalue weighted by atomic mass is 9.76. The standard InChI is InChI=1S/C24H22ClN3O6/c1-14-5-10-19-20(11-14)24(32)27(23(19)31)26(22(30)15-6-8-17(25)9-7-15)13-21(29)16-3-2-4-18(12-16)28(33)34/h2-4,6-9,12,14,19-20H,5,10-11,13H2,1H3/t14-,19-,20+/m1/s1. The summed E-state index contributed by atoms with van der Waals surface area (Å²) in [5.74, 6) is -3.17. The van der Waals surface area contributed by atoms with Gasteiger partial charge in [0.2, 0.25) is 0 Å². The maximum atomic E-state index is 13.4. The molecule has 0 unspecified atom stereocenters. The first-order chi connectivity index (χ1) is 16.2. The van der Waals surface area contributed by atoms with Gasteiger partial charge in [0.1, 0.15) is 6.54 Å². The number of nitro groups is 1. The van der Waals surface area contributed by atoms with Crippen LogP contribution in [0.1, 0.15) is 46.9 Å². The van der Waals surface area contributed by atoms with Crippen LogP contribution in [0.3, 0.4) is 0 Å². The molecule has 1 aliphatic carbocycles. The van der Waals surface area contributed by atoms with Crippen LogP contribution in [-0.4, -0.2) is 45.0 Å². The van der Waals surface area contributed by atoms with E-state index >= 15 is 0 Å². The van der Waals surface area contributed by atoms with E-state index in [1.165, 1.54) is 42.5 Å².